The first kappa shape index (κ1) is 10.4. The fourth-order valence-corrected chi connectivity index (χ4v) is 1.11. The van der Waals surface area contributed by atoms with Crippen LogP contribution in [-0.2, 0) is 4.74 Å². The maximum absolute atomic E-state index is 9.06. The number of rotatable bonds is 3. The van der Waals surface area contributed by atoms with Gasteiger partial charge in [0.15, 0.2) is 6.29 Å². The van der Waals surface area contributed by atoms with Gasteiger partial charge in [0.25, 0.3) is 0 Å². The first-order chi connectivity index (χ1) is 6.22. The highest BCUT2D eigenvalue weighted by Gasteiger charge is 1.92. The standard InChI is InChI=1S/C10H11BrO2/c1-13-10(12)7-4-8-2-5-9(11)6-3-8/h2-7,10,12H,1H3/b7-4+/t10-/m0/s1. The van der Waals surface area contributed by atoms with E-state index in [4.69, 9.17) is 5.11 Å². The average Bonchev–Trinajstić information content (AvgIpc) is 2.16. The van der Waals surface area contributed by atoms with Crippen LogP contribution in [0.4, 0.5) is 0 Å². The molecule has 0 aliphatic carbocycles. The lowest BCUT2D eigenvalue weighted by atomic mass is 10.2. The van der Waals surface area contributed by atoms with Gasteiger partial charge in [0, 0.05) is 11.6 Å². The smallest absolute Gasteiger partial charge is 0.174 e. The topological polar surface area (TPSA) is 29.5 Å². The van der Waals surface area contributed by atoms with Gasteiger partial charge < -0.3 is 9.84 Å². The van der Waals surface area contributed by atoms with E-state index in [9.17, 15) is 0 Å². The SMILES string of the molecule is CO[C@H](O)/C=C/c1ccc(Br)cc1. The van der Waals surface area contributed by atoms with Crippen LogP contribution in [0.3, 0.4) is 0 Å². The summed E-state index contributed by atoms with van der Waals surface area (Å²) in [6.45, 7) is 0. The Morgan fingerprint density at radius 3 is 2.54 bits per heavy atom. The maximum Gasteiger partial charge on any atom is 0.174 e. The molecule has 1 rings (SSSR count). The van der Waals surface area contributed by atoms with Gasteiger partial charge in [0.2, 0.25) is 0 Å². The van der Waals surface area contributed by atoms with Gasteiger partial charge in [-0.05, 0) is 23.8 Å². The Bertz CT molecular complexity index is 279. The largest absolute Gasteiger partial charge is 0.365 e. The molecule has 0 fully saturated rings. The predicted octanol–water partition coefficient (Wildman–Crippen LogP) is 2.43. The predicted molar refractivity (Wildman–Crippen MR) is 56.2 cm³/mol. The number of hydrogen-bond acceptors (Lipinski definition) is 2. The highest BCUT2D eigenvalue weighted by molar-refractivity contribution is 9.10. The summed E-state index contributed by atoms with van der Waals surface area (Å²) in [5.74, 6) is 0. The van der Waals surface area contributed by atoms with Crippen LogP contribution in [0.5, 0.6) is 0 Å². The molecule has 0 saturated carbocycles. The molecular formula is C10H11BrO2. The molecule has 0 saturated heterocycles. The van der Waals surface area contributed by atoms with Crippen LogP contribution in [0.15, 0.2) is 34.8 Å². The highest BCUT2D eigenvalue weighted by atomic mass is 79.9. The lowest BCUT2D eigenvalue weighted by molar-refractivity contribution is -0.0350. The zero-order valence-corrected chi connectivity index (χ0v) is 8.86. The molecule has 0 aromatic heterocycles. The number of aliphatic hydroxyl groups excluding tert-OH is 1. The van der Waals surface area contributed by atoms with Crippen molar-refractivity contribution < 1.29 is 9.84 Å². The molecule has 70 valence electrons. The number of ether oxygens (including phenoxy) is 1. The summed E-state index contributed by atoms with van der Waals surface area (Å²) < 4.78 is 5.69. The van der Waals surface area contributed by atoms with Gasteiger partial charge in [-0.15, -0.1) is 0 Å². The maximum atomic E-state index is 9.06. The van der Waals surface area contributed by atoms with Gasteiger partial charge in [-0.1, -0.05) is 34.1 Å². The van der Waals surface area contributed by atoms with Gasteiger partial charge in [0.05, 0.1) is 0 Å². The number of halogens is 1. The third kappa shape index (κ3) is 3.72. The van der Waals surface area contributed by atoms with E-state index in [1.54, 1.807) is 12.2 Å². The fourth-order valence-electron chi connectivity index (χ4n) is 0.846. The lowest BCUT2D eigenvalue weighted by Crippen LogP contribution is -2.03. The number of benzene rings is 1. The second kappa shape index (κ2) is 5.17. The van der Waals surface area contributed by atoms with Crippen LogP contribution < -0.4 is 0 Å². The summed E-state index contributed by atoms with van der Waals surface area (Å²) in [7, 11) is 1.45. The highest BCUT2D eigenvalue weighted by Crippen LogP contribution is 2.11. The van der Waals surface area contributed by atoms with Gasteiger partial charge in [-0.3, -0.25) is 0 Å². The monoisotopic (exact) mass is 242 g/mol. The molecule has 2 nitrogen and oxygen atoms in total. The molecule has 0 amide bonds. The third-order valence-corrected chi connectivity index (χ3v) is 2.09. The Kier molecular flexibility index (Phi) is 4.15. The zero-order chi connectivity index (χ0) is 9.68. The lowest BCUT2D eigenvalue weighted by Gasteiger charge is -2.00. The van der Waals surface area contributed by atoms with Crippen LogP contribution in [0.1, 0.15) is 5.56 Å². The Balaban J connectivity index is 2.64. The zero-order valence-electron chi connectivity index (χ0n) is 7.27. The van der Waals surface area contributed by atoms with E-state index in [-0.39, 0.29) is 0 Å². The minimum absolute atomic E-state index is 0.830. The number of aliphatic hydroxyl groups is 1. The molecule has 0 spiro atoms. The van der Waals surface area contributed by atoms with Gasteiger partial charge in [0.1, 0.15) is 0 Å². The van der Waals surface area contributed by atoms with Crippen molar-refractivity contribution in [2.24, 2.45) is 0 Å². The molecule has 0 heterocycles. The average molecular weight is 243 g/mol. The molecule has 1 aromatic rings. The summed E-state index contributed by atoms with van der Waals surface area (Å²) in [5.41, 5.74) is 1.03. The van der Waals surface area contributed by atoms with Crippen molar-refractivity contribution >= 4 is 22.0 Å². The molecule has 1 atom stereocenters. The third-order valence-electron chi connectivity index (χ3n) is 1.56. The summed E-state index contributed by atoms with van der Waals surface area (Å²) >= 11 is 3.34. The van der Waals surface area contributed by atoms with E-state index in [2.05, 4.69) is 20.7 Å². The molecule has 3 heteroatoms. The van der Waals surface area contributed by atoms with Crippen molar-refractivity contribution in [1.82, 2.24) is 0 Å². The summed E-state index contributed by atoms with van der Waals surface area (Å²) in [4.78, 5) is 0. The second-order valence-corrected chi connectivity index (χ2v) is 3.45. The molecule has 13 heavy (non-hydrogen) atoms. The van der Waals surface area contributed by atoms with Crippen molar-refractivity contribution in [2.75, 3.05) is 7.11 Å². The van der Waals surface area contributed by atoms with Crippen molar-refractivity contribution in [3.05, 3.63) is 40.4 Å². The minimum atomic E-state index is -0.830. The van der Waals surface area contributed by atoms with Crippen molar-refractivity contribution in [2.45, 2.75) is 6.29 Å². The summed E-state index contributed by atoms with van der Waals surface area (Å²) in [6.07, 6.45) is 2.56. The Morgan fingerprint density at radius 1 is 1.38 bits per heavy atom. The Hall–Kier alpha value is -0.640. The van der Waals surface area contributed by atoms with Crippen LogP contribution >= 0.6 is 15.9 Å². The van der Waals surface area contributed by atoms with Crippen LogP contribution in [0, 0.1) is 0 Å². The van der Waals surface area contributed by atoms with E-state index < -0.39 is 6.29 Å². The molecule has 1 N–H and O–H groups in total. The molecule has 0 bridgehead atoms. The summed E-state index contributed by atoms with van der Waals surface area (Å²) in [5, 5.41) is 9.06. The normalized spacial score (nSPS) is 13.5. The van der Waals surface area contributed by atoms with Crippen molar-refractivity contribution in [3.63, 3.8) is 0 Å². The quantitative estimate of drug-likeness (QED) is 0.826. The Morgan fingerprint density at radius 2 is 2.00 bits per heavy atom. The summed E-state index contributed by atoms with van der Waals surface area (Å²) in [6, 6.07) is 7.78. The molecule has 0 aliphatic heterocycles. The number of hydrogen-bond donors (Lipinski definition) is 1. The van der Waals surface area contributed by atoms with Crippen LogP contribution in [-0.4, -0.2) is 18.5 Å². The van der Waals surface area contributed by atoms with E-state index in [0.29, 0.717) is 0 Å². The van der Waals surface area contributed by atoms with Gasteiger partial charge in [-0.25, -0.2) is 0 Å². The number of methoxy groups -OCH3 is 1. The first-order valence-corrected chi connectivity index (χ1v) is 4.66. The molecule has 0 radical (unpaired) electrons. The van der Waals surface area contributed by atoms with Crippen LogP contribution in [0.25, 0.3) is 6.08 Å². The van der Waals surface area contributed by atoms with E-state index in [0.717, 1.165) is 10.0 Å². The van der Waals surface area contributed by atoms with E-state index in [1.807, 2.05) is 24.3 Å². The van der Waals surface area contributed by atoms with Crippen LogP contribution in [0.2, 0.25) is 0 Å². The molecule has 0 unspecified atom stereocenters. The molecule has 0 aliphatic rings. The molecule has 1 aromatic carbocycles. The van der Waals surface area contributed by atoms with Crippen molar-refractivity contribution in [3.8, 4) is 0 Å². The minimum Gasteiger partial charge on any atom is -0.365 e. The van der Waals surface area contributed by atoms with Gasteiger partial charge in [-0.2, -0.15) is 0 Å². The first-order valence-electron chi connectivity index (χ1n) is 3.87. The molecular weight excluding hydrogens is 232 g/mol. The van der Waals surface area contributed by atoms with Crippen molar-refractivity contribution in [1.29, 1.82) is 0 Å². The van der Waals surface area contributed by atoms with E-state index >= 15 is 0 Å². The fraction of sp³-hybridized carbons (Fsp3) is 0.200. The Labute approximate surface area is 86.0 Å². The second-order valence-electron chi connectivity index (χ2n) is 2.54. The van der Waals surface area contributed by atoms with E-state index in [1.165, 1.54) is 7.11 Å². The van der Waals surface area contributed by atoms with Gasteiger partial charge >= 0.3 is 0 Å².